The summed E-state index contributed by atoms with van der Waals surface area (Å²) in [6.07, 6.45) is 1.47. The van der Waals surface area contributed by atoms with Gasteiger partial charge in [-0.3, -0.25) is 10.2 Å². The Labute approximate surface area is 240 Å². The van der Waals surface area contributed by atoms with E-state index < -0.39 is 42.0 Å². The molecule has 1 unspecified atom stereocenters. The Bertz CT molecular complexity index is 1550. The monoisotopic (exact) mass is 583 g/mol. The maximum Gasteiger partial charge on any atom is 0.319 e. The molecule has 42 heavy (non-hydrogen) atoms. The van der Waals surface area contributed by atoms with Gasteiger partial charge in [0.2, 0.25) is 6.23 Å². The molecule has 2 aromatic carbocycles. The van der Waals surface area contributed by atoms with E-state index in [2.05, 4.69) is 10.4 Å². The largest absolute Gasteiger partial charge is 0.504 e. The van der Waals surface area contributed by atoms with E-state index in [4.69, 9.17) is 20.6 Å². The number of hydrazine groups is 1. The van der Waals surface area contributed by atoms with Crippen LogP contribution >= 0.6 is 0 Å². The van der Waals surface area contributed by atoms with Crippen molar-refractivity contribution in [2.45, 2.75) is 12.6 Å². The van der Waals surface area contributed by atoms with Gasteiger partial charge in [-0.2, -0.15) is 0 Å². The molecule has 1 aliphatic heterocycles. The van der Waals surface area contributed by atoms with Gasteiger partial charge in [0.1, 0.15) is 24.0 Å². The number of carboxylic acids is 1. The maximum atomic E-state index is 16.1. The van der Waals surface area contributed by atoms with E-state index in [0.717, 1.165) is 5.01 Å². The smallest absolute Gasteiger partial charge is 0.319 e. The zero-order valence-corrected chi connectivity index (χ0v) is 23.1. The highest BCUT2D eigenvalue weighted by molar-refractivity contribution is 5.95. The van der Waals surface area contributed by atoms with Crippen molar-refractivity contribution in [3.8, 4) is 28.6 Å². The summed E-state index contributed by atoms with van der Waals surface area (Å²) in [6, 6.07) is 10.4. The molecule has 222 valence electrons. The van der Waals surface area contributed by atoms with E-state index in [1.165, 1.54) is 18.2 Å². The Morgan fingerprint density at radius 2 is 2.00 bits per heavy atom. The van der Waals surface area contributed by atoms with Gasteiger partial charge >= 0.3 is 5.97 Å². The normalized spacial score (nSPS) is 15.4. The van der Waals surface area contributed by atoms with Crippen LogP contribution < -0.4 is 20.6 Å². The van der Waals surface area contributed by atoms with Crippen LogP contribution in [0.1, 0.15) is 12.0 Å². The van der Waals surface area contributed by atoms with Gasteiger partial charge in [-0.05, 0) is 50.8 Å². The molecule has 0 amide bonds. The quantitative estimate of drug-likeness (QED) is 0.158. The topological polar surface area (TPSA) is 162 Å². The van der Waals surface area contributed by atoms with E-state index in [-0.39, 0.29) is 41.4 Å². The van der Waals surface area contributed by atoms with Gasteiger partial charge in [-0.25, -0.2) is 24.2 Å². The zero-order valence-electron chi connectivity index (χ0n) is 23.1. The number of carbonyl (C=O) groups is 1. The molecule has 1 atom stereocenters. The molecule has 1 aliphatic rings. The third-order valence-electron chi connectivity index (χ3n) is 6.26. The fourth-order valence-corrected chi connectivity index (χ4v) is 4.13. The number of aromatic nitrogens is 2. The van der Waals surface area contributed by atoms with Crippen LogP contribution in [0.5, 0.6) is 17.2 Å². The van der Waals surface area contributed by atoms with E-state index in [1.54, 1.807) is 67.3 Å². The molecular weight excluding hydrogens is 552 g/mol. The maximum absolute atomic E-state index is 16.1. The van der Waals surface area contributed by atoms with Gasteiger partial charge in [-0.1, -0.05) is 12.1 Å². The molecule has 0 radical (unpaired) electrons. The minimum atomic E-state index is -1.82. The summed E-state index contributed by atoms with van der Waals surface area (Å²) in [5.74, 6) is -4.31. The number of allylic oxidation sites excluding steroid dienone is 1. The van der Waals surface area contributed by atoms with Crippen molar-refractivity contribution in [3.63, 3.8) is 0 Å². The highest BCUT2D eigenvalue weighted by atomic mass is 19.1. The molecule has 12 nitrogen and oxygen atoms in total. The number of phenolic OH excluding ortho intramolecular Hbond substituents is 1. The lowest BCUT2D eigenvalue weighted by molar-refractivity contribution is -0.138. The second-order valence-electron chi connectivity index (χ2n) is 9.66. The Balaban J connectivity index is 1.81. The van der Waals surface area contributed by atoms with Crippen molar-refractivity contribution in [1.82, 2.24) is 24.9 Å². The van der Waals surface area contributed by atoms with Gasteiger partial charge in [-0.15, -0.1) is 0 Å². The number of nitrogens with two attached hydrogens (primary N) is 1. The third kappa shape index (κ3) is 6.67. The molecule has 0 spiro atoms. The second kappa shape index (κ2) is 12.7. The van der Waals surface area contributed by atoms with Crippen molar-refractivity contribution >= 4 is 11.8 Å². The Hall–Kier alpha value is -4.95. The molecule has 6 N–H and O–H groups in total. The van der Waals surface area contributed by atoms with Crippen molar-refractivity contribution in [2.24, 2.45) is 12.8 Å². The number of nitrogens with zero attached hydrogens (tertiary/aromatic N) is 4. The van der Waals surface area contributed by atoms with Crippen LogP contribution in [0.4, 0.5) is 8.78 Å². The number of hydrogen-bond donors (Lipinski definition) is 5. The molecule has 1 aromatic heterocycles. The molecule has 3 aromatic rings. The SMILES string of the molecule is CN(C)CCC1=C(F)C(Oc2cc(C(=N)N)ccc2O)N(NCC(=O)O)C(Oc2cccc(-c3nccn3C)c2)=C1F. The number of nitrogen functional groups attached to an aromatic ring is 1. The average Bonchev–Trinajstić information content (AvgIpc) is 3.37. The highest BCUT2D eigenvalue weighted by Gasteiger charge is 2.40. The fourth-order valence-electron chi connectivity index (χ4n) is 4.13. The van der Waals surface area contributed by atoms with Crippen molar-refractivity contribution in [3.05, 3.63) is 83.5 Å². The minimum absolute atomic E-state index is 0.0864. The number of aromatic hydroxyl groups is 1. The summed E-state index contributed by atoms with van der Waals surface area (Å²) in [5.41, 5.74) is 8.47. The number of amidine groups is 1. The number of imidazole rings is 1. The van der Waals surface area contributed by atoms with Gasteiger partial charge in [0.25, 0.3) is 5.88 Å². The van der Waals surface area contributed by atoms with Gasteiger partial charge in [0.15, 0.2) is 23.2 Å². The number of halogens is 2. The summed E-state index contributed by atoms with van der Waals surface area (Å²) in [4.78, 5) is 17.5. The number of hydrogen-bond acceptors (Lipinski definition) is 9. The van der Waals surface area contributed by atoms with E-state index in [0.29, 0.717) is 11.4 Å². The lowest BCUT2D eigenvalue weighted by Crippen LogP contribution is -2.53. The number of aliphatic carboxylic acids is 1. The predicted octanol–water partition coefficient (Wildman–Crippen LogP) is 3.08. The minimum Gasteiger partial charge on any atom is -0.504 e. The number of aryl methyl sites for hydroxylation is 1. The molecular formula is C28H31F2N7O5. The summed E-state index contributed by atoms with van der Waals surface area (Å²) in [7, 11) is 5.28. The first-order valence-corrected chi connectivity index (χ1v) is 12.7. The Morgan fingerprint density at radius 1 is 1.24 bits per heavy atom. The van der Waals surface area contributed by atoms with Crippen molar-refractivity contribution in [2.75, 3.05) is 27.2 Å². The van der Waals surface area contributed by atoms with Crippen LogP contribution in [0.15, 0.2) is 78.0 Å². The first-order chi connectivity index (χ1) is 20.0. The Kier molecular flexibility index (Phi) is 9.08. The van der Waals surface area contributed by atoms with E-state index >= 15 is 8.78 Å². The first kappa shape index (κ1) is 30.0. The molecule has 0 fully saturated rings. The van der Waals surface area contributed by atoms with Crippen molar-refractivity contribution < 1.29 is 33.3 Å². The summed E-state index contributed by atoms with van der Waals surface area (Å²) in [6.45, 7) is -0.495. The van der Waals surface area contributed by atoms with Crippen LogP contribution in [0.3, 0.4) is 0 Å². The lowest BCUT2D eigenvalue weighted by atomic mass is 10.1. The van der Waals surface area contributed by atoms with Crippen LogP contribution in [-0.2, 0) is 11.8 Å². The molecule has 0 saturated heterocycles. The third-order valence-corrected chi connectivity index (χ3v) is 6.26. The first-order valence-electron chi connectivity index (χ1n) is 12.7. The van der Waals surface area contributed by atoms with Gasteiger partial charge in [0, 0.05) is 42.7 Å². The second-order valence-corrected chi connectivity index (χ2v) is 9.66. The highest BCUT2D eigenvalue weighted by Crippen LogP contribution is 2.39. The van der Waals surface area contributed by atoms with Crippen LogP contribution in [0, 0.1) is 5.41 Å². The zero-order chi connectivity index (χ0) is 30.6. The van der Waals surface area contributed by atoms with Crippen molar-refractivity contribution in [1.29, 1.82) is 5.41 Å². The predicted molar refractivity (Wildman–Crippen MR) is 150 cm³/mol. The number of carboxylic acid groups (broad SMARTS) is 1. The standard InChI is InChI=1S/C28H31F2N7O5/c1-35(2)11-9-19-23(29)27(41-18-6-4-5-17(13-18)26-33-10-12-36(26)3)37(34-15-22(39)40)28(24(19)30)42-21-14-16(25(31)32)7-8-20(21)38/h4-8,10,12-14,28,34,38H,9,11,15H2,1-3H3,(H3,31,32)(H,39,40). The Morgan fingerprint density at radius 3 is 2.64 bits per heavy atom. The number of nitrogens with one attached hydrogen (secondary N) is 2. The number of phenols is 1. The van der Waals surface area contributed by atoms with Gasteiger partial charge in [0.05, 0.1) is 0 Å². The summed E-state index contributed by atoms with van der Waals surface area (Å²) < 4.78 is 45.8. The molecule has 4 rings (SSSR count). The average molecular weight is 584 g/mol. The molecule has 14 heteroatoms. The van der Waals surface area contributed by atoms with E-state index in [9.17, 15) is 15.0 Å². The van der Waals surface area contributed by atoms with Crippen LogP contribution in [-0.4, -0.2) is 74.9 Å². The van der Waals surface area contributed by atoms with Gasteiger partial charge < -0.3 is 34.9 Å². The molecule has 2 heterocycles. The van der Waals surface area contributed by atoms with Crippen LogP contribution in [0.25, 0.3) is 11.4 Å². The summed E-state index contributed by atoms with van der Waals surface area (Å²) in [5, 5.41) is 28.3. The van der Waals surface area contributed by atoms with Crippen LogP contribution in [0.2, 0.25) is 0 Å². The summed E-state index contributed by atoms with van der Waals surface area (Å²) >= 11 is 0. The molecule has 0 saturated carbocycles. The van der Waals surface area contributed by atoms with E-state index in [1.807, 2.05) is 0 Å². The molecule has 0 bridgehead atoms. The lowest BCUT2D eigenvalue weighted by Gasteiger charge is -2.37. The fraction of sp³-hybridized carbons (Fsp3) is 0.250. The molecule has 0 aliphatic carbocycles. The number of ether oxygens (including phenoxy) is 2. The number of benzene rings is 2. The number of rotatable bonds is 12.